The second kappa shape index (κ2) is 9.94. The Balaban J connectivity index is 1.72. The maximum absolute atomic E-state index is 13.0. The fourth-order valence-electron chi connectivity index (χ4n) is 3.36. The first-order valence-electron chi connectivity index (χ1n) is 10.3. The number of ether oxygens (including phenoxy) is 1. The average molecular weight is 417 g/mol. The molecular weight excluding hydrogens is 388 g/mol. The molecule has 0 spiro atoms. The number of nitrogens with zero attached hydrogens (tertiary/aromatic N) is 1. The molecule has 160 valence electrons. The van der Waals surface area contributed by atoms with E-state index in [1.165, 1.54) is 0 Å². The molecule has 3 rings (SSSR count). The molecule has 5 nitrogen and oxygen atoms in total. The third-order valence-corrected chi connectivity index (χ3v) is 5.10. The van der Waals surface area contributed by atoms with E-state index in [0.29, 0.717) is 23.5 Å². The van der Waals surface area contributed by atoms with Crippen LogP contribution in [0.2, 0.25) is 0 Å². The lowest BCUT2D eigenvalue weighted by atomic mass is 10.1. The Kier molecular flexibility index (Phi) is 7.08. The Morgan fingerprint density at radius 2 is 1.52 bits per heavy atom. The van der Waals surface area contributed by atoms with Gasteiger partial charge in [0.2, 0.25) is 0 Å². The van der Waals surface area contributed by atoms with Crippen molar-refractivity contribution in [1.29, 1.82) is 0 Å². The maximum Gasteiger partial charge on any atom is 0.265 e. The van der Waals surface area contributed by atoms with Crippen LogP contribution in [0.5, 0.6) is 5.75 Å². The van der Waals surface area contributed by atoms with Crippen LogP contribution in [0.15, 0.2) is 72.8 Å². The molecule has 0 saturated carbocycles. The summed E-state index contributed by atoms with van der Waals surface area (Å²) in [4.78, 5) is 27.5. The van der Waals surface area contributed by atoms with Crippen LogP contribution in [0.25, 0.3) is 0 Å². The SMILES string of the molecule is Cc1cccc(C)c1O[C@H](C)C(=O)Nc1ccccc1C(=O)N(C)Cc1ccccc1. The highest BCUT2D eigenvalue weighted by Gasteiger charge is 2.21. The van der Waals surface area contributed by atoms with Gasteiger partial charge in [-0.25, -0.2) is 0 Å². The zero-order valence-corrected chi connectivity index (χ0v) is 18.4. The Bertz CT molecular complexity index is 1040. The van der Waals surface area contributed by atoms with Gasteiger partial charge in [0.1, 0.15) is 5.75 Å². The number of hydrogen-bond acceptors (Lipinski definition) is 3. The quantitative estimate of drug-likeness (QED) is 0.591. The minimum absolute atomic E-state index is 0.164. The summed E-state index contributed by atoms with van der Waals surface area (Å²) in [5, 5.41) is 2.86. The average Bonchev–Trinajstić information content (AvgIpc) is 2.76. The molecule has 5 heteroatoms. The minimum atomic E-state index is -0.718. The van der Waals surface area contributed by atoms with Gasteiger partial charge in [-0.2, -0.15) is 0 Å². The number of carbonyl (C=O) groups is 2. The van der Waals surface area contributed by atoms with Crippen LogP contribution in [-0.2, 0) is 11.3 Å². The van der Waals surface area contributed by atoms with Crippen LogP contribution in [0.3, 0.4) is 0 Å². The molecule has 3 aromatic rings. The molecule has 0 radical (unpaired) electrons. The van der Waals surface area contributed by atoms with Gasteiger partial charge < -0.3 is 15.0 Å². The molecule has 0 saturated heterocycles. The van der Waals surface area contributed by atoms with Gasteiger partial charge in [-0.1, -0.05) is 60.7 Å². The number of rotatable bonds is 7. The van der Waals surface area contributed by atoms with E-state index in [2.05, 4.69) is 5.32 Å². The lowest BCUT2D eigenvalue weighted by Crippen LogP contribution is -2.32. The zero-order chi connectivity index (χ0) is 22.4. The second-order valence-corrected chi connectivity index (χ2v) is 7.66. The number of para-hydroxylation sites is 2. The van der Waals surface area contributed by atoms with E-state index in [1.807, 2.05) is 62.4 Å². The van der Waals surface area contributed by atoms with Gasteiger partial charge >= 0.3 is 0 Å². The molecule has 0 aliphatic heterocycles. The zero-order valence-electron chi connectivity index (χ0n) is 18.4. The van der Waals surface area contributed by atoms with Crippen LogP contribution >= 0.6 is 0 Å². The molecule has 0 bridgehead atoms. The van der Waals surface area contributed by atoms with Crippen LogP contribution in [0.4, 0.5) is 5.69 Å². The summed E-state index contributed by atoms with van der Waals surface area (Å²) >= 11 is 0. The van der Waals surface area contributed by atoms with Gasteiger partial charge in [-0.3, -0.25) is 9.59 Å². The number of anilines is 1. The highest BCUT2D eigenvalue weighted by Crippen LogP contribution is 2.24. The second-order valence-electron chi connectivity index (χ2n) is 7.66. The highest BCUT2D eigenvalue weighted by atomic mass is 16.5. The van der Waals surface area contributed by atoms with Crippen LogP contribution < -0.4 is 10.1 Å². The first-order chi connectivity index (χ1) is 14.9. The van der Waals surface area contributed by atoms with E-state index in [1.54, 1.807) is 43.1 Å². The third kappa shape index (κ3) is 5.51. The van der Waals surface area contributed by atoms with E-state index < -0.39 is 6.10 Å². The molecule has 2 amide bonds. The first-order valence-corrected chi connectivity index (χ1v) is 10.3. The molecule has 0 aliphatic carbocycles. The third-order valence-electron chi connectivity index (χ3n) is 5.10. The molecule has 31 heavy (non-hydrogen) atoms. The minimum Gasteiger partial charge on any atom is -0.480 e. The summed E-state index contributed by atoms with van der Waals surface area (Å²) in [6.07, 6.45) is -0.718. The predicted molar refractivity (Wildman–Crippen MR) is 123 cm³/mol. The molecule has 0 fully saturated rings. The summed E-state index contributed by atoms with van der Waals surface area (Å²) in [5.74, 6) is 0.230. The van der Waals surface area contributed by atoms with Gasteiger partial charge in [-0.05, 0) is 49.6 Å². The van der Waals surface area contributed by atoms with Crippen molar-refractivity contribution in [2.75, 3.05) is 12.4 Å². The lowest BCUT2D eigenvalue weighted by Gasteiger charge is -2.21. The number of aryl methyl sites for hydroxylation is 2. The van der Waals surface area contributed by atoms with Gasteiger partial charge in [0.05, 0.1) is 11.3 Å². The Morgan fingerprint density at radius 3 is 2.19 bits per heavy atom. The van der Waals surface area contributed by atoms with Crippen LogP contribution in [-0.4, -0.2) is 29.9 Å². The van der Waals surface area contributed by atoms with Crippen molar-refractivity contribution in [3.63, 3.8) is 0 Å². The Hall–Kier alpha value is -3.60. The van der Waals surface area contributed by atoms with Crippen molar-refractivity contribution in [3.8, 4) is 5.75 Å². The standard InChI is InChI=1S/C26H28N2O3/c1-18-11-10-12-19(2)24(18)31-20(3)25(29)27-23-16-9-8-15-22(23)26(30)28(4)17-21-13-6-5-7-14-21/h5-16,20H,17H2,1-4H3,(H,27,29)/t20-/m1/s1. The van der Waals surface area contributed by atoms with E-state index >= 15 is 0 Å². The molecule has 0 unspecified atom stereocenters. The summed E-state index contributed by atoms with van der Waals surface area (Å²) in [5.41, 5.74) is 3.88. The monoisotopic (exact) mass is 416 g/mol. The molecule has 1 N–H and O–H groups in total. The first kappa shape index (κ1) is 22.1. The Labute approximate surface area is 183 Å². The van der Waals surface area contributed by atoms with Crippen molar-refractivity contribution in [3.05, 3.63) is 95.1 Å². The molecule has 1 atom stereocenters. The smallest absolute Gasteiger partial charge is 0.265 e. The van der Waals surface area contributed by atoms with Crippen molar-refractivity contribution < 1.29 is 14.3 Å². The number of amides is 2. The fourth-order valence-corrected chi connectivity index (χ4v) is 3.36. The topological polar surface area (TPSA) is 58.6 Å². The van der Waals surface area contributed by atoms with Crippen molar-refractivity contribution in [2.24, 2.45) is 0 Å². The normalized spacial score (nSPS) is 11.5. The summed E-state index contributed by atoms with van der Waals surface area (Å²) in [7, 11) is 1.75. The van der Waals surface area contributed by atoms with Gasteiger partial charge in [0.15, 0.2) is 6.10 Å². The van der Waals surface area contributed by atoms with E-state index in [9.17, 15) is 9.59 Å². The lowest BCUT2D eigenvalue weighted by molar-refractivity contribution is -0.122. The summed E-state index contributed by atoms with van der Waals surface area (Å²) < 4.78 is 5.93. The van der Waals surface area contributed by atoms with E-state index in [0.717, 1.165) is 16.7 Å². The van der Waals surface area contributed by atoms with Gasteiger partial charge in [0, 0.05) is 13.6 Å². The predicted octanol–water partition coefficient (Wildman–Crippen LogP) is 4.98. The fraction of sp³-hybridized carbons (Fsp3) is 0.231. The van der Waals surface area contributed by atoms with Gasteiger partial charge in [0.25, 0.3) is 11.8 Å². The van der Waals surface area contributed by atoms with Crippen molar-refractivity contribution >= 4 is 17.5 Å². The molecule has 3 aromatic carbocycles. The summed E-state index contributed by atoms with van der Waals surface area (Å²) in [6.45, 7) is 6.08. The largest absolute Gasteiger partial charge is 0.480 e. The Morgan fingerprint density at radius 1 is 0.903 bits per heavy atom. The maximum atomic E-state index is 13.0. The highest BCUT2D eigenvalue weighted by molar-refractivity contribution is 6.04. The summed E-state index contributed by atoms with van der Waals surface area (Å²) in [6, 6.07) is 22.7. The van der Waals surface area contributed by atoms with Crippen molar-refractivity contribution in [2.45, 2.75) is 33.4 Å². The molecular formula is C26H28N2O3. The van der Waals surface area contributed by atoms with Crippen molar-refractivity contribution in [1.82, 2.24) is 4.90 Å². The van der Waals surface area contributed by atoms with Crippen LogP contribution in [0.1, 0.15) is 34.0 Å². The molecule has 0 aliphatic rings. The number of benzene rings is 3. The van der Waals surface area contributed by atoms with Gasteiger partial charge in [-0.15, -0.1) is 0 Å². The number of carbonyl (C=O) groups excluding carboxylic acids is 2. The molecule has 0 heterocycles. The van der Waals surface area contributed by atoms with Crippen LogP contribution in [0, 0.1) is 13.8 Å². The number of nitrogens with one attached hydrogen (secondary N) is 1. The molecule has 0 aromatic heterocycles. The number of hydrogen-bond donors (Lipinski definition) is 1. The van der Waals surface area contributed by atoms with E-state index in [4.69, 9.17) is 4.74 Å². The van der Waals surface area contributed by atoms with E-state index in [-0.39, 0.29) is 11.8 Å².